The second kappa shape index (κ2) is 11.4. The first-order valence-corrected chi connectivity index (χ1v) is 13.3. The van der Waals surface area contributed by atoms with E-state index in [4.69, 9.17) is 0 Å². The van der Waals surface area contributed by atoms with Gasteiger partial charge in [-0.25, -0.2) is 17.5 Å². The molecule has 0 saturated heterocycles. The van der Waals surface area contributed by atoms with Gasteiger partial charge in [0, 0.05) is 30.5 Å². The lowest BCUT2D eigenvalue weighted by molar-refractivity contribution is 0.422. The number of pyridine rings is 1. The number of aromatic amines is 2. The lowest BCUT2D eigenvalue weighted by atomic mass is 10.00. The van der Waals surface area contributed by atoms with E-state index in [1.807, 2.05) is 32.2 Å². The third kappa shape index (κ3) is 6.33. The van der Waals surface area contributed by atoms with Crippen molar-refractivity contribution in [3.63, 3.8) is 0 Å². The topological polar surface area (TPSA) is 98.9 Å². The monoisotopic (exact) mass is 482 g/mol. The fraction of sp³-hybridized carbons (Fsp3) is 0.385. The second-order valence-electron chi connectivity index (χ2n) is 8.40. The number of aromatic nitrogens is 3. The van der Waals surface area contributed by atoms with Gasteiger partial charge in [-0.1, -0.05) is 44.2 Å². The highest BCUT2D eigenvalue weighted by molar-refractivity contribution is 7.89. The molecule has 1 aromatic carbocycles. The number of hydrogen-bond acceptors (Lipinski definition) is 4. The Morgan fingerprint density at radius 1 is 1.09 bits per heavy atom. The molecular formula is C26H34N4O3S. The molecule has 0 aliphatic carbocycles. The quantitative estimate of drug-likeness (QED) is 0.427. The van der Waals surface area contributed by atoms with E-state index in [-0.39, 0.29) is 11.4 Å². The number of H-pyrrole nitrogens is 2. The van der Waals surface area contributed by atoms with Crippen LogP contribution in [0, 0.1) is 13.8 Å². The van der Waals surface area contributed by atoms with Gasteiger partial charge in [-0.3, -0.25) is 4.98 Å². The molecule has 0 aliphatic rings. The maximum absolute atomic E-state index is 12.8. The van der Waals surface area contributed by atoms with Crippen molar-refractivity contribution >= 4 is 16.1 Å². The minimum atomic E-state index is -3.43. The van der Waals surface area contributed by atoms with Crippen molar-refractivity contribution in [2.45, 2.75) is 47.0 Å². The summed E-state index contributed by atoms with van der Waals surface area (Å²) in [7, 11) is -3.43. The molecule has 0 saturated carbocycles. The molecule has 2 N–H and O–H groups in total. The Balaban J connectivity index is 1.56. The van der Waals surface area contributed by atoms with Crippen LogP contribution < -0.4 is 5.69 Å². The summed E-state index contributed by atoms with van der Waals surface area (Å²) in [5, 5.41) is 0. The average molecular weight is 483 g/mol. The van der Waals surface area contributed by atoms with Crippen molar-refractivity contribution in [2.24, 2.45) is 0 Å². The number of imidazole rings is 1. The van der Waals surface area contributed by atoms with Gasteiger partial charge in [0.25, 0.3) is 0 Å². The molecule has 8 heteroatoms. The van der Waals surface area contributed by atoms with Crippen molar-refractivity contribution in [1.82, 2.24) is 19.3 Å². The number of sulfonamides is 1. The third-order valence-corrected chi connectivity index (χ3v) is 7.95. The van der Waals surface area contributed by atoms with Crippen LogP contribution in [0.2, 0.25) is 0 Å². The molecule has 0 amide bonds. The molecule has 0 aliphatic heterocycles. The maximum atomic E-state index is 12.8. The first-order valence-electron chi connectivity index (χ1n) is 11.7. The smallest absolute Gasteiger partial charge is 0.309 e. The molecule has 0 unspecified atom stereocenters. The summed E-state index contributed by atoms with van der Waals surface area (Å²) in [6.45, 7) is 8.85. The van der Waals surface area contributed by atoms with Crippen molar-refractivity contribution < 1.29 is 8.42 Å². The van der Waals surface area contributed by atoms with Gasteiger partial charge in [0.2, 0.25) is 10.0 Å². The van der Waals surface area contributed by atoms with E-state index in [0.717, 1.165) is 28.9 Å². The van der Waals surface area contributed by atoms with E-state index < -0.39 is 10.0 Å². The standard InChI is InChI=1S/C26H34N4O3S/c1-5-23-25(29-26(31)28-23)13-9-17-34(32,33)30(6-2)16-8-11-21-14-15-24(27-18-21)22-12-7-10-19(3)20(22)4/h7,9-10,12-15,18H,5-6,8,11,16-17H2,1-4H3,(H2,28,29,31)/b13-9-. The number of rotatable bonds is 11. The van der Waals surface area contributed by atoms with Crippen LogP contribution in [-0.2, 0) is 22.9 Å². The highest BCUT2D eigenvalue weighted by Gasteiger charge is 2.18. The number of benzene rings is 1. The maximum Gasteiger partial charge on any atom is 0.323 e. The average Bonchev–Trinajstić information content (AvgIpc) is 3.18. The Hall–Kier alpha value is -2.97. The first-order chi connectivity index (χ1) is 16.2. The molecule has 182 valence electrons. The van der Waals surface area contributed by atoms with Gasteiger partial charge in [0.05, 0.1) is 17.1 Å². The number of nitrogens with one attached hydrogen (secondary N) is 2. The zero-order valence-corrected chi connectivity index (χ0v) is 21.2. The Labute approximate surface area is 202 Å². The van der Waals surface area contributed by atoms with Gasteiger partial charge in [-0.2, -0.15) is 0 Å². The van der Waals surface area contributed by atoms with E-state index in [0.29, 0.717) is 31.6 Å². The fourth-order valence-corrected chi connectivity index (χ4v) is 5.31. The number of nitrogens with zero attached hydrogens (tertiary/aromatic N) is 2. The Morgan fingerprint density at radius 2 is 1.88 bits per heavy atom. The van der Waals surface area contributed by atoms with Gasteiger partial charge in [0.15, 0.2) is 0 Å². The Morgan fingerprint density at radius 3 is 2.56 bits per heavy atom. The summed E-state index contributed by atoms with van der Waals surface area (Å²) in [5.41, 5.74) is 6.76. The normalized spacial score (nSPS) is 12.1. The van der Waals surface area contributed by atoms with Crippen molar-refractivity contribution in [3.05, 3.63) is 81.2 Å². The van der Waals surface area contributed by atoms with Crippen molar-refractivity contribution in [1.29, 1.82) is 0 Å². The van der Waals surface area contributed by atoms with E-state index in [9.17, 15) is 13.2 Å². The van der Waals surface area contributed by atoms with Crippen LogP contribution in [0.5, 0.6) is 0 Å². The molecule has 0 atom stereocenters. The summed E-state index contributed by atoms with van der Waals surface area (Å²) in [5.74, 6) is -0.108. The van der Waals surface area contributed by atoms with E-state index in [1.54, 1.807) is 12.2 Å². The highest BCUT2D eigenvalue weighted by Crippen LogP contribution is 2.24. The van der Waals surface area contributed by atoms with Crippen LogP contribution in [-0.4, -0.2) is 46.5 Å². The fourth-order valence-electron chi connectivity index (χ4n) is 3.96. The Bertz CT molecular complexity index is 1290. The lowest BCUT2D eigenvalue weighted by Crippen LogP contribution is -2.33. The third-order valence-electron chi connectivity index (χ3n) is 6.11. The van der Waals surface area contributed by atoms with Gasteiger partial charge in [-0.05, 0) is 61.9 Å². The van der Waals surface area contributed by atoms with Crippen LogP contribution in [0.1, 0.15) is 48.3 Å². The van der Waals surface area contributed by atoms with Crippen LogP contribution >= 0.6 is 0 Å². The minimum absolute atomic E-state index is 0.108. The molecule has 0 spiro atoms. The van der Waals surface area contributed by atoms with Gasteiger partial charge in [-0.15, -0.1) is 0 Å². The summed E-state index contributed by atoms with van der Waals surface area (Å²) in [6.07, 6.45) is 7.26. The molecule has 0 radical (unpaired) electrons. The van der Waals surface area contributed by atoms with Crippen LogP contribution in [0.25, 0.3) is 17.3 Å². The van der Waals surface area contributed by atoms with Gasteiger partial charge >= 0.3 is 5.69 Å². The van der Waals surface area contributed by atoms with E-state index >= 15 is 0 Å². The van der Waals surface area contributed by atoms with Crippen LogP contribution in [0.4, 0.5) is 0 Å². The predicted octanol–water partition coefficient (Wildman–Crippen LogP) is 4.24. The molecule has 3 aromatic rings. The second-order valence-corrected chi connectivity index (χ2v) is 10.4. The zero-order valence-electron chi connectivity index (χ0n) is 20.4. The van der Waals surface area contributed by atoms with Crippen molar-refractivity contribution in [3.8, 4) is 11.3 Å². The molecular weight excluding hydrogens is 448 g/mol. The van der Waals surface area contributed by atoms with Gasteiger partial charge in [0.1, 0.15) is 0 Å². The molecule has 2 heterocycles. The molecule has 0 bridgehead atoms. The summed E-state index contributed by atoms with van der Waals surface area (Å²) < 4.78 is 27.1. The molecule has 34 heavy (non-hydrogen) atoms. The first kappa shape index (κ1) is 25.6. The minimum Gasteiger partial charge on any atom is -0.309 e. The summed E-state index contributed by atoms with van der Waals surface area (Å²) >= 11 is 0. The molecule has 7 nitrogen and oxygen atoms in total. The molecule has 3 rings (SSSR count). The Kier molecular flexibility index (Phi) is 8.63. The van der Waals surface area contributed by atoms with Crippen LogP contribution in [0.15, 0.2) is 47.4 Å². The van der Waals surface area contributed by atoms with Crippen LogP contribution in [0.3, 0.4) is 0 Å². The van der Waals surface area contributed by atoms with E-state index in [1.165, 1.54) is 15.4 Å². The van der Waals surface area contributed by atoms with E-state index in [2.05, 4.69) is 47.0 Å². The number of hydrogen-bond donors (Lipinski definition) is 2. The largest absolute Gasteiger partial charge is 0.323 e. The summed E-state index contributed by atoms with van der Waals surface area (Å²) in [4.78, 5) is 21.5. The van der Waals surface area contributed by atoms with Gasteiger partial charge < -0.3 is 9.97 Å². The zero-order chi connectivity index (χ0) is 24.7. The summed E-state index contributed by atoms with van der Waals surface area (Å²) in [6, 6.07) is 10.3. The molecule has 0 fully saturated rings. The number of aryl methyl sites for hydroxylation is 3. The lowest BCUT2D eigenvalue weighted by Gasteiger charge is -2.19. The van der Waals surface area contributed by atoms with Crippen molar-refractivity contribution in [2.75, 3.05) is 18.8 Å². The SMILES string of the molecule is CCc1[nH]c(=O)[nH]c1/C=C\CS(=O)(=O)N(CC)CCCc1ccc(-c2cccc(C)c2C)nc1. The predicted molar refractivity (Wildman–Crippen MR) is 138 cm³/mol. The highest BCUT2D eigenvalue weighted by atomic mass is 32.2. The molecule has 2 aromatic heterocycles.